The number of benzene rings is 1. The predicted molar refractivity (Wildman–Crippen MR) is 56.8 cm³/mol. The Kier molecular flexibility index (Phi) is 2.13. The highest BCUT2D eigenvalue weighted by Crippen LogP contribution is 2.28. The molecule has 3 N–H and O–H groups in total. The molecule has 0 saturated carbocycles. The van der Waals surface area contributed by atoms with Gasteiger partial charge in [-0.1, -0.05) is 23.2 Å². The Balaban J connectivity index is 2.76. The zero-order valence-corrected chi connectivity index (χ0v) is 8.49. The molecule has 14 heavy (non-hydrogen) atoms. The first kappa shape index (κ1) is 9.37. The smallest absolute Gasteiger partial charge is 0.265 e. The van der Waals surface area contributed by atoms with Crippen LogP contribution >= 0.6 is 23.2 Å². The van der Waals surface area contributed by atoms with Gasteiger partial charge in [-0.25, -0.2) is 0 Å². The van der Waals surface area contributed by atoms with Crippen LogP contribution in [-0.4, -0.2) is 10.9 Å². The molecule has 0 aliphatic heterocycles. The van der Waals surface area contributed by atoms with Gasteiger partial charge in [-0.05, 0) is 18.2 Å². The van der Waals surface area contributed by atoms with Crippen LogP contribution in [0.5, 0.6) is 0 Å². The van der Waals surface area contributed by atoms with Crippen LogP contribution in [0.25, 0.3) is 10.9 Å². The fourth-order valence-electron chi connectivity index (χ4n) is 1.29. The minimum absolute atomic E-state index is 0.323. The number of halogens is 2. The molecule has 1 heterocycles. The first-order chi connectivity index (χ1) is 6.58. The molecule has 1 aromatic carbocycles. The number of rotatable bonds is 1. The van der Waals surface area contributed by atoms with E-state index in [1.165, 1.54) is 0 Å². The lowest BCUT2D eigenvalue weighted by atomic mass is 10.2. The molecule has 3 nitrogen and oxygen atoms in total. The van der Waals surface area contributed by atoms with Crippen molar-refractivity contribution in [3.63, 3.8) is 0 Å². The largest absolute Gasteiger partial charge is 0.364 e. The minimum Gasteiger partial charge on any atom is -0.364 e. The third-order valence-corrected chi connectivity index (χ3v) is 2.45. The number of nitrogens with one attached hydrogen (secondary N) is 1. The van der Waals surface area contributed by atoms with Gasteiger partial charge in [0, 0.05) is 15.9 Å². The molecule has 0 saturated heterocycles. The van der Waals surface area contributed by atoms with Gasteiger partial charge in [-0.2, -0.15) is 0 Å². The van der Waals surface area contributed by atoms with E-state index in [4.69, 9.17) is 28.9 Å². The quantitative estimate of drug-likeness (QED) is 0.775. The third kappa shape index (κ3) is 1.45. The second-order valence-electron chi connectivity index (χ2n) is 2.90. The number of hydrogen-bond acceptors (Lipinski definition) is 1. The molecule has 2 rings (SSSR count). The van der Waals surface area contributed by atoms with E-state index in [-0.39, 0.29) is 0 Å². The van der Waals surface area contributed by atoms with Gasteiger partial charge in [0.15, 0.2) is 0 Å². The molecule has 0 aliphatic carbocycles. The summed E-state index contributed by atoms with van der Waals surface area (Å²) in [7, 11) is 0. The standard InChI is InChI=1S/C9H6Cl2N2O/c10-4-1-6(11)5-3-8(9(12)14)13-7(5)2-4/h1-3,13H,(H2,12,14). The molecule has 72 valence electrons. The average molecular weight is 229 g/mol. The molecule has 0 unspecified atom stereocenters. The minimum atomic E-state index is -0.520. The molecule has 0 spiro atoms. The summed E-state index contributed by atoms with van der Waals surface area (Å²) in [4.78, 5) is 13.7. The summed E-state index contributed by atoms with van der Waals surface area (Å²) < 4.78 is 0. The lowest BCUT2D eigenvalue weighted by Crippen LogP contribution is -2.10. The molecule has 0 bridgehead atoms. The van der Waals surface area contributed by atoms with Crippen LogP contribution in [0.3, 0.4) is 0 Å². The third-order valence-electron chi connectivity index (χ3n) is 1.92. The zero-order chi connectivity index (χ0) is 10.3. The highest BCUT2D eigenvalue weighted by atomic mass is 35.5. The second-order valence-corrected chi connectivity index (χ2v) is 3.74. The van der Waals surface area contributed by atoms with Crippen molar-refractivity contribution in [2.24, 2.45) is 5.73 Å². The molecular formula is C9H6Cl2N2O. The topological polar surface area (TPSA) is 58.9 Å². The Bertz CT molecular complexity index is 519. The lowest BCUT2D eigenvalue weighted by Gasteiger charge is -1.94. The van der Waals surface area contributed by atoms with Crippen molar-refractivity contribution in [3.05, 3.63) is 33.9 Å². The Labute approximate surface area is 89.8 Å². The van der Waals surface area contributed by atoms with E-state index >= 15 is 0 Å². The summed E-state index contributed by atoms with van der Waals surface area (Å²) in [5, 5.41) is 1.75. The summed E-state index contributed by atoms with van der Waals surface area (Å²) in [6.45, 7) is 0. The Morgan fingerprint density at radius 3 is 2.64 bits per heavy atom. The van der Waals surface area contributed by atoms with Gasteiger partial charge >= 0.3 is 0 Å². The van der Waals surface area contributed by atoms with Gasteiger partial charge < -0.3 is 10.7 Å². The van der Waals surface area contributed by atoms with E-state index in [2.05, 4.69) is 4.98 Å². The summed E-state index contributed by atoms with van der Waals surface area (Å²) in [5.74, 6) is -0.520. The first-order valence-corrected chi connectivity index (χ1v) is 4.61. The number of carbonyl (C=O) groups is 1. The molecule has 0 atom stereocenters. The summed E-state index contributed by atoms with van der Waals surface area (Å²) >= 11 is 11.7. The van der Waals surface area contributed by atoms with E-state index < -0.39 is 5.91 Å². The summed E-state index contributed by atoms with van der Waals surface area (Å²) in [6, 6.07) is 4.91. The lowest BCUT2D eigenvalue weighted by molar-refractivity contribution is 0.0996. The van der Waals surface area contributed by atoms with Crippen LogP contribution in [0, 0.1) is 0 Å². The van der Waals surface area contributed by atoms with E-state index in [1.807, 2.05) is 0 Å². The Hall–Kier alpha value is -1.19. The highest BCUT2D eigenvalue weighted by Gasteiger charge is 2.08. The monoisotopic (exact) mass is 228 g/mol. The molecule has 1 aromatic heterocycles. The molecular weight excluding hydrogens is 223 g/mol. The van der Waals surface area contributed by atoms with Crippen LogP contribution in [0.15, 0.2) is 18.2 Å². The van der Waals surface area contributed by atoms with E-state index in [1.54, 1.807) is 18.2 Å². The Morgan fingerprint density at radius 2 is 2.00 bits per heavy atom. The molecule has 0 fully saturated rings. The molecule has 1 amide bonds. The molecule has 0 radical (unpaired) electrons. The molecule has 0 aliphatic rings. The number of hydrogen-bond donors (Lipinski definition) is 2. The fraction of sp³-hybridized carbons (Fsp3) is 0. The van der Waals surface area contributed by atoms with Gasteiger partial charge in [0.1, 0.15) is 5.69 Å². The van der Waals surface area contributed by atoms with Crippen molar-refractivity contribution < 1.29 is 4.79 Å². The normalized spacial score (nSPS) is 10.7. The Morgan fingerprint density at radius 1 is 1.29 bits per heavy atom. The van der Waals surface area contributed by atoms with Gasteiger partial charge in [-0.3, -0.25) is 4.79 Å². The maximum absolute atomic E-state index is 10.9. The number of fused-ring (bicyclic) bond motifs is 1. The van der Waals surface area contributed by atoms with Crippen LogP contribution in [0.1, 0.15) is 10.5 Å². The SMILES string of the molecule is NC(=O)c1cc2c(Cl)cc(Cl)cc2[nH]1. The first-order valence-electron chi connectivity index (χ1n) is 3.85. The van der Waals surface area contributed by atoms with Gasteiger partial charge in [0.25, 0.3) is 5.91 Å². The van der Waals surface area contributed by atoms with Crippen LogP contribution < -0.4 is 5.73 Å². The number of aromatic amines is 1. The van der Waals surface area contributed by atoms with Crippen molar-refractivity contribution in [3.8, 4) is 0 Å². The van der Waals surface area contributed by atoms with E-state index in [9.17, 15) is 4.79 Å². The number of nitrogens with two attached hydrogens (primary N) is 1. The number of H-pyrrole nitrogens is 1. The summed E-state index contributed by atoms with van der Waals surface area (Å²) in [5.41, 5.74) is 6.15. The number of aromatic nitrogens is 1. The second kappa shape index (κ2) is 3.19. The number of primary amides is 1. The van der Waals surface area contributed by atoms with Crippen LogP contribution in [0.2, 0.25) is 10.0 Å². The average Bonchev–Trinajstić information content (AvgIpc) is 2.47. The van der Waals surface area contributed by atoms with Gasteiger partial charge in [-0.15, -0.1) is 0 Å². The fourth-order valence-corrected chi connectivity index (χ4v) is 1.84. The molecule has 2 aromatic rings. The predicted octanol–water partition coefficient (Wildman–Crippen LogP) is 2.57. The van der Waals surface area contributed by atoms with Crippen molar-refractivity contribution in [2.75, 3.05) is 0 Å². The number of carbonyl (C=O) groups excluding carboxylic acids is 1. The van der Waals surface area contributed by atoms with Gasteiger partial charge in [0.05, 0.1) is 5.02 Å². The maximum atomic E-state index is 10.9. The molecule has 5 heteroatoms. The van der Waals surface area contributed by atoms with E-state index in [0.29, 0.717) is 21.3 Å². The van der Waals surface area contributed by atoms with Crippen LogP contribution in [0.4, 0.5) is 0 Å². The van der Waals surface area contributed by atoms with Crippen molar-refractivity contribution in [1.29, 1.82) is 0 Å². The van der Waals surface area contributed by atoms with Crippen molar-refractivity contribution >= 4 is 40.0 Å². The van der Waals surface area contributed by atoms with E-state index in [0.717, 1.165) is 5.39 Å². The van der Waals surface area contributed by atoms with Crippen molar-refractivity contribution in [1.82, 2.24) is 4.98 Å². The van der Waals surface area contributed by atoms with Gasteiger partial charge in [0.2, 0.25) is 0 Å². The highest BCUT2D eigenvalue weighted by molar-refractivity contribution is 6.38. The zero-order valence-electron chi connectivity index (χ0n) is 6.97. The van der Waals surface area contributed by atoms with Crippen molar-refractivity contribution in [2.45, 2.75) is 0 Å². The number of amides is 1. The summed E-state index contributed by atoms with van der Waals surface area (Å²) in [6.07, 6.45) is 0. The van der Waals surface area contributed by atoms with Crippen LogP contribution in [-0.2, 0) is 0 Å². The maximum Gasteiger partial charge on any atom is 0.265 e.